The molecule has 0 aliphatic carbocycles. The van der Waals surface area contributed by atoms with E-state index in [1.807, 2.05) is 30.0 Å². The van der Waals surface area contributed by atoms with Crippen LogP contribution in [0.1, 0.15) is 18.9 Å². The molecular weight excluding hydrogens is 286 g/mol. The van der Waals surface area contributed by atoms with E-state index in [2.05, 4.69) is 17.1 Å². The first-order valence-corrected chi connectivity index (χ1v) is 7.98. The summed E-state index contributed by atoms with van der Waals surface area (Å²) in [6.45, 7) is 9.60. The maximum Gasteiger partial charge on any atom is 0.224 e. The molecule has 1 aromatic carbocycles. The third kappa shape index (κ3) is 4.61. The Kier molecular flexibility index (Phi) is 5.88. The lowest BCUT2D eigenvalue weighted by Crippen LogP contribution is -2.48. The Bertz CT molecular complexity index is 484. The number of hydrogen-bond donors (Lipinski definition) is 1. The summed E-state index contributed by atoms with van der Waals surface area (Å²) in [5, 5.41) is 4.05. The first-order valence-electron chi connectivity index (χ1n) is 7.60. The van der Waals surface area contributed by atoms with Gasteiger partial charge in [0.25, 0.3) is 0 Å². The zero-order valence-corrected chi connectivity index (χ0v) is 13.6. The molecule has 0 aromatic heterocycles. The van der Waals surface area contributed by atoms with Gasteiger partial charge in [0.2, 0.25) is 5.91 Å². The van der Waals surface area contributed by atoms with E-state index in [4.69, 9.17) is 11.6 Å². The lowest BCUT2D eigenvalue weighted by atomic mass is 10.2. The van der Waals surface area contributed by atoms with Gasteiger partial charge in [0.05, 0.1) is 0 Å². The Balaban J connectivity index is 1.74. The van der Waals surface area contributed by atoms with Gasteiger partial charge in [-0.2, -0.15) is 0 Å². The molecule has 0 spiro atoms. The molecule has 1 aromatic rings. The first kappa shape index (κ1) is 16.1. The van der Waals surface area contributed by atoms with Crippen LogP contribution < -0.4 is 5.32 Å². The van der Waals surface area contributed by atoms with Crippen molar-refractivity contribution in [2.75, 3.05) is 44.6 Å². The summed E-state index contributed by atoms with van der Waals surface area (Å²) < 4.78 is 0. The summed E-state index contributed by atoms with van der Waals surface area (Å²) >= 11 is 5.93. The standard InChI is InChI=1S/C16H24ClN3O/c1-3-19-8-10-20(11-9-19)16(21)6-7-18-15-5-4-14(17)12-13(15)2/h4-5,12,18H,3,6-11H2,1-2H3. The molecule has 2 rings (SSSR count). The fourth-order valence-electron chi connectivity index (χ4n) is 2.60. The van der Waals surface area contributed by atoms with Crippen molar-refractivity contribution >= 4 is 23.2 Å². The Morgan fingerprint density at radius 2 is 2.00 bits per heavy atom. The molecule has 116 valence electrons. The van der Waals surface area contributed by atoms with Gasteiger partial charge in [-0.1, -0.05) is 18.5 Å². The minimum absolute atomic E-state index is 0.241. The number of anilines is 1. The Morgan fingerprint density at radius 3 is 2.62 bits per heavy atom. The second kappa shape index (κ2) is 7.66. The van der Waals surface area contributed by atoms with Crippen molar-refractivity contribution in [1.82, 2.24) is 9.80 Å². The molecule has 0 atom stereocenters. The molecule has 21 heavy (non-hydrogen) atoms. The van der Waals surface area contributed by atoms with Gasteiger partial charge in [0.1, 0.15) is 0 Å². The van der Waals surface area contributed by atoms with Crippen molar-refractivity contribution in [2.24, 2.45) is 0 Å². The Labute approximate surface area is 132 Å². The van der Waals surface area contributed by atoms with Crippen molar-refractivity contribution in [2.45, 2.75) is 20.3 Å². The molecule has 0 saturated carbocycles. The van der Waals surface area contributed by atoms with E-state index in [9.17, 15) is 4.79 Å². The molecule has 1 aliphatic rings. The molecule has 1 amide bonds. The number of aryl methyl sites for hydroxylation is 1. The molecule has 0 radical (unpaired) electrons. The van der Waals surface area contributed by atoms with Crippen LogP contribution in [0.15, 0.2) is 18.2 Å². The number of benzene rings is 1. The van der Waals surface area contributed by atoms with Crippen LogP contribution >= 0.6 is 11.6 Å². The van der Waals surface area contributed by atoms with Gasteiger partial charge in [0.15, 0.2) is 0 Å². The summed E-state index contributed by atoms with van der Waals surface area (Å²) in [7, 11) is 0. The minimum Gasteiger partial charge on any atom is -0.384 e. The summed E-state index contributed by atoms with van der Waals surface area (Å²) in [5.41, 5.74) is 2.15. The van der Waals surface area contributed by atoms with Gasteiger partial charge in [-0.05, 0) is 37.2 Å². The maximum absolute atomic E-state index is 12.2. The third-order valence-electron chi connectivity index (χ3n) is 4.01. The highest BCUT2D eigenvalue weighted by molar-refractivity contribution is 6.30. The predicted octanol–water partition coefficient (Wildman–Crippen LogP) is 2.61. The summed E-state index contributed by atoms with van der Waals surface area (Å²) in [4.78, 5) is 16.5. The van der Waals surface area contributed by atoms with Crippen LogP contribution in [0.2, 0.25) is 5.02 Å². The smallest absolute Gasteiger partial charge is 0.224 e. The zero-order chi connectivity index (χ0) is 15.2. The normalized spacial score (nSPS) is 16.0. The molecule has 1 saturated heterocycles. The van der Waals surface area contributed by atoms with Crippen molar-refractivity contribution in [3.63, 3.8) is 0 Å². The molecule has 5 heteroatoms. The van der Waals surface area contributed by atoms with Crippen molar-refractivity contribution in [3.8, 4) is 0 Å². The van der Waals surface area contributed by atoms with Crippen LogP contribution in [0.3, 0.4) is 0 Å². The molecule has 0 unspecified atom stereocenters. The fourth-order valence-corrected chi connectivity index (χ4v) is 2.83. The van der Waals surface area contributed by atoms with Gasteiger partial charge in [-0.3, -0.25) is 4.79 Å². The van der Waals surface area contributed by atoms with Gasteiger partial charge in [-0.25, -0.2) is 0 Å². The van der Waals surface area contributed by atoms with Crippen LogP contribution in [0, 0.1) is 6.92 Å². The van der Waals surface area contributed by atoms with Crippen LogP contribution in [-0.2, 0) is 4.79 Å². The molecule has 1 heterocycles. The van der Waals surface area contributed by atoms with Crippen molar-refractivity contribution < 1.29 is 4.79 Å². The largest absolute Gasteiger partial charge is 0.384 e. The molecule has 1 N–H and O–H groups in total. The second-order valence-electron chi connectivity index (χ2n) is 5.45. The minimum atomic E-state index is 0.241. The Morgan fingerprint density at radius 1 is 1.29 bits per heavy atom. The number of amides is 1. The summed E-state index contributed by atoms with van der Waals surface area (Å²) in [6, 6.07) is 5.75. The number of rotatable bonds is 5. The van der Waals surface area contributed by atoms with Gasteiger partial charge >= 0.3 is 0 Å². The lowest BCUT2D eigenvalue weighted by molar-refractivity contribution is -0.132. The average Bonchev–Trinajstić information content (AvgIpc) is 2.49. The fraction of sp³-hybridized carbons (Fsp3) is 0.562. The topological polar surface area (TPSA) is 35.6 Å². The van der Waals surface area contributed by atoms with E-state index in [0.29, 0.717) is 13.0 Å². The van der Waals surface area contributed by atoms with E-state index < -0.39 is 0 Å². The number of carbonyl (C=O) groups excluding carboxylic acids is 1. The van der Waals surface area contributed by atoms with Gasteiger partial charge < -0.3 is 15.1 Å². The predicted molar refractivity (Wildman–Crippen MR) is 88.0 cm³/mol. The number of carbonyl (C=O) groups is 1. The SMILES string of the molecule is CCN1CCN(C(=O)CCNc2ccc(Cl)cc2C)CC1. The highest BCUT2D eigenvalue weighted by atomic mass is 35.5. The van der Waals surface area contributed by atoms with Gasteiger partial charge in [-0.15, -0.1) is 0 Å². The highest BCUT2D eigenvalue weighted by Crippen LogP contribution is 2.19. The summed E-state index contributed by atoms with van der Waals surface area (Å²) in [6.07, 6.45) is 0.536. The van der Waals surface area contributed by atoms with Gasteiger partial charge in [0, 0.05) is 49.9 Å². The molecule has 0 bridgehead atoms. The van der Waals surface area contributed by atoms with E-state index in [-0.39, 0.29) is 5.91 Å². The first-order chi connectivity index (χ1) is 10.1. The molecule has 1 fully saturated rings. The van der Waals surface area contributed by atoms with Crippen molar-refractivity contribution in [3.05, 3.63) is 28.8 Å². The van der Waals surface area contributed by atoms with Crippen molar-refractivity contribution in [1.29, 1.82) is 0 Å². The lowest BCUT2D eigenvalue weighted by Gasteiger charge is -2.34. The van der Waals surface area contributed by atoms with Crippen LogP contribution in [0.4, 0.5) is 5.69 Å². The number of nitrogens with one attached hydrogen (secondary N) is 1. The van der Waals surface area contributed by atoms with Crippen LogP contribution in [0.5, 0.6) is 0 Å². The molecule has 4 nitrogen and oxygen atoms in total. The van der Waals surface area contributed by atoms with Crippen LogP contribution in [-0.4, -0.2) is 55.0 Å². The van der Waals surface area contributed by atoms with E-state index >= 15 is 0 Å². The number of halogens is 1. The van der Waals surface area contributed by atoms with E-state index in [1.54, 1.807) is 0 Å². The number of likely N-dealkylation sites (N-methyl/N-ethyl adjacent to an activating group) is 1. The Hall–Kier alpha value is -1.26. The monoisotopic (exact) mass is 309 g/mol. The average molecular weight is 310 g/mol. The van der Waals surface area contributed by atoms with Crippen LogP contribution in [0.25, 0.3) is 0 Å². The number of nitrogens with zero attached hydrogens (tertiary/aromatic N) is 2. The van der Waals surface area contributed by atoms with E-state index in [1.165, 1.54) is 0 Å². The maximum atomic E-state index is 12.2. The van der Waals surface area contributed by atoms with E-state index in [0.717, 1.165) is 49.0 Å². The quantitative estimate of drug-likeness (QED) is 0.908. The number of hydrogen-bond acceptors (Lipinski definition) is 3. The zero-order valence-electron chi connectivity index (χ0n) is 12.9. The highest BCUT2D eigenvalue weighted by Gasteiger charge is 2.19. The molecular formula is C16H24ClN3O. The second-order valence-corrected chi connectivity index (χ2v) is 5.89. The molecule has 1 aliphatic heterocycles. The number of piperazine rings is 1. The summed E-state index contributed by atoms with van der Waals surface area (Å²) in [5.74, 6) is 0.241. The third-order valence-corrected chi connectivity index (χ3v) is 4.25.